The molecule has 1 aliphatic rings. The van der Waals surface area contributed by atoms with Gasteiger partial charge in [0, 0.05) is 13.1 Å². The van der Waals surface area contributed by atoms with E-state index in [9.17, 15) is 9.59 Å². The molecular formula is C14H16N2O3. The Balaban J connectivity index is 2.12. The Morgan fingerprint density at radius 1 is 1.26 bits per heavy atom. The molecule has 0 fully saturated rings. The van der Waals surface area contributed by atoms with Gasteiger partial charge < -0.3 is 10.4 Å². The van der Waals surface area contributed by atoms with E-state index in [1.54, 1.807) is 25.2 Å². The van der Waals surface area contributed by atoms with Gasteiger partial charge in [-0.2, -0.15) is 0 Å². The first kappa shape index (κ1) is 13.1. The summed E-state index contributed by atoms with van der Waals surface area (Å²) in [5, 5.41) is 12.0. The van der Waals surface area contributed by atoms with Crippen LogP contribution >= 0.6 is 0 Å². The molecule has 0 aromatic heterocycles. The molecule has 5 nitrogen and oxygen atoms in total. The van der Waals surface area contributed by atoms with Crippen molar-refractivity contribution >= 4 is 17.7 Å². The first-order valence-electron chi connectivity index (χ1n) is 6.11. The van der Waals surface area contributed by atoms with Crippen LogP contribution < -0.4 is 10.2 Å². The lowest BCUT2D eigenvalue weighted by Gasteiger charge is -2.22. The molecule has 0 aliphatic heterocycles. The van der Waals surface area contributed by atoms with Crippen LogP contribution in [0.5, 0.6) is 0 Å². The van der Waals surface area contributed by atoms with Gasteiger partial charge in [-0.25, -0.2) is 9.59 Å². The molecule has 0 heterocycles. The lowest BCUT2D eigenvalue weighted by molar-refractivity contribution is 0.0697. The van der Waals surface area contributed by atoms with Crippen LogP contribution in [0.4, 0.5) is 10.5 Å². The summed E-state index contributed by atoms with van der Waals surface area (Å²) in [6.45, 7) is 0. The van der Waals surface area contributed by atoms with E-state index in [-0.39, 0.29) is 17.6 Å². The van der Waals surface area contributed by atoms with Gasteiger partial charge in [-0.1, -0.05) is 24.3 Å². The number of carboxylic acid groups (broad SMARTS) is 1. The summed E-state index contributed by atoms with van der Waals surface area (Å²) in [5.41, 5.74) is 0.503. The Morgan fingerprint density at radius 3 is 2.53 bits per heavy atom. The number of para-hydroxylation sites is 1. The number of carbonyl (C=O) groups excluding carboxylic acids is 1. The highest BCUT2D eigenvalue weighted by Crippen LogP contribution is 2.19. The highest BCUT2D eigenvalue weighted by molar-refractivity contribution is 6.01. The summed E-state index contributed by atoms with van der Waals surface area (Å²) in [4.78, 5) is 24.5. The van der Waals surface area contributed by atoms with Crippen molar-refractivity contribution in [3.8, 4) is 0 Å². The third-order valence-corrected chi connectivity index (χ3v) is 3.14. The number of benzene rings is 1. The van der Waals surface area contributed by atoms with Gasteiger partial charge in [-0.15, -0.1) is 0 Å². The van der Waals surface area contributed by atoms with Crippen LogP contribution in [0.25, 0.3) is 0 Å². The Labute approximate surface area is 111 Å². The first-order chi connectivity index (χ1) is 9.09. The number of aromatic carboxylic acids is 1. The fraction of sp³-hybridized carbons (Fsp3) is 0.286. The topological polar surface area (TPSA) is 69.6 Å². The molecule has 1 aromatic rings. The average molecular weight is 260 g/mol. The molecule has 5 heteroatoms. The fourth-order valence-electron chi connectivity index (χ4n) is 2.06. The van der Waals surface area contributed by atoms with Crippen LogP contribution in [-0.2, 0) is 0 Å². The highest BCUT2D eigenvalue weighted by Gasteiger charge is 2.20. The second-order valence-corrected chi connectivity index (χ2v) is 4.47. The van der Waals surface area contributed by atoms with E-state index in [1.165, 1.54) is 11.0 Å². The average Bonchev–Trinajstić information content (AvgIpc) is 2.90. The number of carboxylic acids is 1. The minimum atomic E-state index is -1.04. The largest absolute Gasteiger partial charge is 0.478 e. The van der Waals surface area contributed by atoms with Crippen LogP contribution in [-0.4, -0.2) is 30.2 Å². The summed E-state index contributed by atoms with van der Waals surface area (Å²) in [6, 6.07) is 6.27. The van der Waals surface area contributed by atoms with Crippen molar-refractivity contribution in [3.05, 3.63) is 42.0 Å². The van der Waals surface area contributed by atoms with Gasteiger partial charge in [0.25, 0.3) is 0 Å². The van der Waals surface area contributed by atoms with Crippen LogP contribution in [0.2, 0.25) is 0 Å². The highest BCUT2D eigenvalue weighted by atomic mass is 16.4. The molecule has 2 N–H and O–H groups in total. The second-order valence-electron chi connectivity index (χ2n) is 4.47. The normalized spacial score (nSPS) is 14.4. The molecule has 19 heavy (non-hydrogen) atoms. The maximum atomic E-state index is 12.1. The number of nitrogens with one attached hydrogen (secondary N) is 1. The Bertz CT molecular complexity index is 517. The lowest BCUT2D eigenvalue weighted by atomic mass is 10.1. The molecule has 1 aliphatic carbocycles. The fourth-order valence-corrected chi connectivity index (χ4v) is 2.06. The monoisotopic (exact) mass is 260 g/mol. The molecule has 100 valence electrons. The van der Waals surface area contributed by atoms with Crippen molar-refractivity contribution in [2.75, 3.05) is 11.9 Å². The Morgan fingerprint density at radius 2 is 1.89 bits per heavy atom. The van der Waals surface area contributed by atoms with Gasteiger partial charge in [-0.05, 0) is 25.0 Å². The third-order valence-electron chi connectivity index (χ3n) is 3.14. The van der Waals surface area contributed by atoms with Crippen LogP contribution in [0.1, 0.15) is 23.2 Å². The van der Waals surface area contributed by atoms with Crippen molar-refractivity contribution in [1.82, 2.24) is 5.32 Å². The number of hydrogen-bond donors (Lipinski definition) is 2. The quantitative estimate of drug-likeness (QED) is 0.819. The van der Waals surface area contributed by atoms with Gasteiger partial charge in [0.1, 0.15) is 0 Å². The molecule has 0 atom stereocenters. The van der Waals surface area contributed by atoms with E-state index in [0.717, 1.165) is 12.8 Å². The number of hydrogen-bond acceptors (Lipinski definition) is 2. The van der Waals surface area contributed by atoms with E-state index in [1.807, 2.05) is 12.2 Å². The van der Waals surface area contributed by atoms with E-state index in [2.05, 4.69) is 5.32 Å². The van der Waals surface area contributed by atoms with Gasteiger partial charge in [0.05, 0.1) is 11.3 Å². The third kappa shape index (κ3) is 2.93. The molecule has 0 saturated carbocycles. The van der Waals surface area contributed by atoms with Gasteiger partial charge >= 0.3 is 12.0 Å². The molecule has 2 amide bonds. The molecule has 0 saturated heterocycles. The molecule has 2 rings (SSSR count). The number of rotatable bonds is 3. The summed E-state index contributed by atoms with van der Waals surface area (Å²) < 4.78 is 0. The molecule has 0 unspecified atom stereocenters. The second kappa shape index (κ2) is 5.56. The zero-order valence-electron chi connectivity index (χ0n) is 10.7. The predicted octanol–water partition coefficient (Wildman–Crippen LogP) is 2.25. The van der Waals surface area contributed by atoms with Crippen molar-refractivity contribution in [3.63, 3.8) is 0 Å². The van der Waals surface area contributed by atoms with Crippen molar-refractivity contribution in [2.45, 2.75) is 18.9 Å². The number of urea groups is 1. The van der Waals surface area contributed by atoms with E-state index >= 15 is 0 Å². The maximum Gasteiger partial charge on any atom is 0.337 e. The molecule has 0 radical (unpaired) electrons. The standard InChI is InChI=1S/C14H16N2O3/c1-16(14(19)15-10-6-2-3-7-10)12-9-5-4-8-11(12)13(17)18/h2-5,8-10H,6-7H2,1H3,(H,15,19)(H,17,18). The van der Waals surface area contributed by atoms with E-state index in [0.29, 0.717) is 5.69 Å². The van der Waals surface area contributed by atoms with Gasteiger partial charge in [0.15, 0.2) is 0 Å². The summed E-state index contributed by atoms with van der Waals surface area (Å²) in [6.07, 6.45) is 5.69. The van der Waals surface area contributed by atoms with Crippen molar-refractivity contribution < 1.29 is 14.7 Å². The van der Waals surface area contributed by atoms with Crippen molar-refractivity contribution in [1.29, 1.82) is 0 Å². The Hall–Kier alpha value is -2.30. The summed E-state index contributed by atoms with van der Waals surface area (Å²) >= 11 is 0. The maximum absolute atomic E-state index is 12.1. The smallest absolute Gasteiger partial charge is 0.337 e. The van der Waals surface area contributed by atoms with Gasteiger partial charge in [0.2, 0.25) is 0 Å². The molecule has 0 bridgehead atoms. The van der Waals surface area contributed by atoms with Crippen LogP contribution in [0.3, 0.4) is 0 Å². The minimum Gasteiger partial charge on any atom is -0.478 e. The summed E-state index contributed by atoms with van der Waals surface area (Å²) in [7, 11) is 1.57. The first-order valence-corrected chi connectivity index (χ1v) is 6.11. The van der Waals surface area contributed by atoms with Crippen LogP contribution in [0, 0.1) is 0 Å². The lowest BCUT2D eigenvalue weighted by Crippen LogP contribution is -2.42. The van der Waals surface area contributed by atoms with E-state index in [4.69, 9.17) is 5.11 Å². The van der Waals surface area contributed by atoms with E-state index < -0.39 is 5.97 Å². The number of carbonyl (C=O) groups is 2. The SMILES string of the molecule is CN(C(=O)NC1CC=CC1)c1ccccc1C(=O)O. The Kier molecular flexibility index (Phi) is 3.85. The van der Waals surface area contributed by atoms with Crippen molar-refractivity contribution in [2.24, 2.45) is 0 Å². The molecular weight excluding hydrogens is 244 g/mol. The molecule has 0 spiro atoms. The number of amides is 2. The minimum absolute atomic E-state index is 0.104. The summed E-state index contributed by atoms with van der Waals surface area (Å²) in [5.74, 6) is -1.04. The zero-order chi connectivity index (χ0) is 13.8. The van der Waals surface area contributed by atoms with Gasteiger partial charge in [-0.3, -0.25) is 4.90 Å². The molecule has 1 aromatic carbocycles. The predicted molar refractivity (Wildman–Crippen MR) is 72.5 cm³/mol. The number of anilines is 1. The van der Waals surface area contributed by atoms with Crippen LogP contribution in [0.15, 0.2) is 36.4 Å². The number of nitrogens with zero attached hydrogens (tertiary/aromatic N) is 1. The zero-order valence-corrected chi connectivity index (χ0v) is 10.7.